The van der Waals surface area contributed by atoms with Gasteiger partial charge in [0.05, 0.1) is 5.56 Å². The molecule has 0 bridgehead atoms. The minimum absolute atomic E-state index is 0.0361. The molecule has 0 unspecified atom stereocenters. The maximum Gasteiger partial charge on any atom is 0.266 e. The molecule has 2 amide bonds. The molecule has 1 aliphatic rings. The molecule has 1 aromatic rings. The van der Waals surface area contributed by atoms with Crippen LogP contribution < -0.4 is 5.32 Å². The Hall–Kier alpha value is -2.74. The summed E-state index contributed by atoms with van der Waals surface area (Å²) < 4.78 is 26.4. The van der Waals surface area contributed by atoms with Gasteiger partial charge in [0.2, 0.25) is 0 Å². The first-order valence-electron chi connectivity index (χ1n) is 6.34. The molecule has 1 heterocycles. The lowest BCUT2D eigenvalue weighted by Crippen LogP contribution is -2.54. The third-order valence-corrected chi connectivity index (χ3v) is 3.29. The van der Waals surface area contributed by atoms with Crippen molar-refractivity contribution in [1.82, 2.24) is 10.2 Å². The fourth-order valence-corrected chi connectivity index (χ4v) is 2.14. The molecule has 1 aromatic carbocycles. The lowest BCUT2D eigenvalue weighted by Gasteiger charge is -2.27. The van der Waals surface area contributed by atoms with Crippen molar-refractivity contribution in [2.45, 2.75) is 0 Å². The number of carbonyl (C=O) groups is 3. The van der Waals surface area contributed by atoms with Crippen molar-refractivity contribution in [3.8, 4) is 0 Å². The van der Waals surface area contributed by atoms with Crippen molar-refractivity contribution in [3.05, 3.63) is 59.7 Å². The molecule has 0 atom stereocenters. The zero-order valence-corrected chi connectivity index (χ0v) is 12.5. The fourth-order valence-electron chi connectivity index (χ4n) is 1.89. The van der Waals surface area contributed by atoms with Crippen molar-refractivity contribution in [3.63, 3.8) is 0 Å². The molecule has 118 valence electrons. The van der Waals surface area contributed by atoms with E-state index in [4.69, 9.17) is 12.2 Å². The van der Waals surface area contributed by atoms with Gasteiger partial charge in [-0.05, 0) is 24.4 Å². The number of halogens is 2. The quantitative estimate of drug-likeness (QED) is 0.298. The van der Waals surface area contributed by atoms with E-state index >= 15 is 0 Å². The van der Waals surface area contributed by atoms with Crippen LogP contribution in [-0.2, 0) is 9.59 Å². The molecule has 1 N–H and O–H groups in total. The molecular weight excluding hydrogens is 326 g/mol. The van der Waals surface area contributed by atoms with Gasteiger partial charge in [-0.25, -0.2) is 8.78 Å². The maximum absolute atomic E-state index is 13.6. The van der Waals surface area contributed by atoms with E-state index in [0.717, 1.165) is 17.0 Å². The number of nitrogens with one attached hydrogen (secondary N) is 1. The van der Waals surface area contributed by atoms with Crippen molar-refractivity contribution in [2.24, 2.45) is 0 Å². The largest absolute Gasteiger partial charge is 0.298 e. The van der Waals surface area contributed by atoms with Gasteiger partial charge in [0.15, 0.2) is 10.9 Å². The van der Waals surface area contributed by atoms with Gasteiger partial charge < -0.3 is 0 Å². The number of rotatable bonds is 4. The first-order chi connectivity index (χ1) is 10.8. The van der Waals surface area contributed by atoms with Gasteiger partial charge >= 0.3 is 0 Å². The second-order valence-corrected chi connectivity index (χ2v) is 4.90. The standard InChI is InChI=1S/C15H10F2N2O3S/c1-2-5-19-14(22)10(13(21)18-15(19)23)7-12(20)9-4-3-8(16)6-11(9)17/h2-4,6-7H,1,5H2,(H,18,21,23). The second-order valence-electron chi connectivity index (χ2n) is 4.51. The van der Waals surface area contributed by atoms with Crippen molar-refractivity contribution < 1.29 is 23.2 Å². The lowest BCUT2D eigenvalue weighted by molar-refractivity contribution is -0.128. The first kappa shape index (κ1) is 16.6. The number of carbonyl (C=O) groups excluding carboxylic acids is 3. The Morgan fingerprint density at radius 1 is 1.35 bits per heavy atom. The molecule has 0 aliphatic carbocycles. The number of allylic oxidation sites excluding steroid dienone is 1. The summed E-state index contributed by atoms with van der Waals surface area (Å²) in [5.41, 5.74) is -0.947. The monoisotopic (exact) mass is 336 g/mol. The van der Waals surface area contributed by atoms with Crippen LogP contribution in [0.5, 0.6) is 0 Å². The van der Waals surface area contributed by atoms with E-state index in [2.05, 4.69) is 11.9 Å². The summed E-state index contributed by atoms with van der Waals surface area (Å²) in [5, 5.41) is 2.14. The average Bonchev–Trinajstić information content (AvgIpc) is 2.47. The summed E-state index contributed by atoms with van der Waals surface area (Å²) in [4.78, 5) is 37.1. The van der Waals surface area contributed by atoms with Gasteiger partial charge in [0, 0.05) is 18.7 Å². The van der Waals surface area contributed by atoms with Crippen LogP contribution in [-0.4, -0.2) is 34.2 Å². The summed E-state index contributed by atoms with van der Waals surface area (Å²) >= 11 is 4.85. The fraction of sp³-hybridized carbons (Fsp3) is 0.0667. The van der Waals surface area contributed by atoms with Crippen LogP contribution in [0.4, 0.5) is 8.78 Å². The zero-order chi connectivity index (χ0) is 17.1. The van der Waals surface area contributed by atoms with Crippen LogP contribution >= 0.6 is 12.2 Å². The highest BCUT2D eigenvalue weighted by Crippen LogP contribution is 2.15. The number of amides is 2. The highest BCUT2D eigenvalue weighted by atomic mass is 32.1. The van der Waals surface area contributed by atoms with Gasteiger partial charge in [0.25, 0.3) is 11.8 Å². The summed E-state index contributed by atoms with van der Waals surface area (Å²) in [5.74, 6) is -4.53. The Balaban J connectivity index is 2.38. The maximum atomic E-state index is 13.6. The predicted octanol–water partition coefficient (Wildman–Crippen LogP) is 1.50. The number of hydrogen-bond donors (Lipinski definition) is 1. The van der Waals surface area contributed by atoms with E-state index in [0.29, 0.717) is 12.1 Å². The highest BCUT2D eigenvalue weighted by molar-refractivity contribution is 7.80. The van der Waals surface area contributed by atoms with Crippen molar-refractivity contribution in [2.75, 3.05) is 6.54 Å². The number of ketones is 1. The molecule has 0 aromatic heterocycles. The second kappa shape index (κ2) is 6.57. The minimum atomic E-state index is -1.09. The van der Waals surface area contributed by atoms with Crippen molar-refractivity contribution in [1.29, 1.82) is 0 Å². The molecule has 0 saturated carbocycles. The predicted molar refractivity (Wildman–Crippen MR) is 81.4 cm³/mol. The number of hydrogen-bond acceptors (Lipinski definition) is 4. The Kier molecular flexibility index (Phi) is 4.75. The summed E-state index contributed by atoms with van der Waals surface area (Å²) in [6.07, 6.45) is 2.09. The molecule has 1 aliphatic heterocycles. The van der Waals surface area contributed by atoms with Crippen LogP contribution in [0.15, 0.2) is 42.5 Å². The third-order valence-electron chi connectivity index (χ3n) is 2.97. The normalized spacial score (nSPS) is 16.5. The molecule has 5 nitrogen and oxygen atoms in total. The van der Waals surface area contributed by atoms with Gasteiger partial charge in [-0.2, -0.15) is 0 Å². The van der Waals surface area contributed by atoms with E-state index in [-0.39, 0.29) is 11.7 Å². The van der Waals surface area contributed by atoms with Crippen molar-refractivity contribution >= 4 is 34.9 Å². The Morgan fingerprint density at radius 2 is 2.04 bits per heavy atom. The average molecular weight is 336 g/mol. The summed E-state index contributed by atoms with van der Waals surface area (Å²) in [7, 11) is 0. The van der Waals surface area contributed by atoms with Crippen LogP contribution in [0.25, 0.3) is 0 Å². The van der Waals surface area contributed by atoms with Gasteiger partial charge in [-0.3, -0.25) is 24.6 Å². The van der Waals surface area contributed by atoms with E-state index in [1.165, 1.54) is 6.08 Å². The lowest BCUT2D eigenvalue weighted by atomic mass is 10.0. The topological polar surface area (TPSA) is 66.5 Å². The number of nitrogens with zero attached hydrogens (tertiary/aromatic N) is 1. The summed E-state index contributed by atoms with van der Waals surface area (Å²) in [6.45, 7) is 3.49. The SMILES string of the molecule is C=CCN1C(=O)C(=CC(=O)c2ccc(F)cc2F)C(=O)NC1=S. The van der Waals surface area contributed by atoms with E-state index in [9.17, 15) is 23.2 Å². The molecule has 2 rings (SSSR count). The van der Waals surface area contributed by atoms with Crippen LogP contribution in [0.2, 0.25) is 0 Å². The van der Waals surface area contributed by atoms with E-state index < -0.39 is 40.4 Å². The Morgan fingerprint density at radius 3 is 2.65 bits per heavy atom. The Labute approximate surface area is 135 Å². The molecule has 0 spiro atoms. The highest BCUT2D eigenvalue weighted by Gasteiger charge is 2.33. The zero-order valence-electron chi connectivity index (χ0n) is 11.6. The third kappa shape index (κ3) is 3.37. The van der Waals surface area contributed by atoms with E-state index in [1.54, 1.807) is 0 Å². The molecule has 1 fully saturated rings. The van der Waals surface area contributed by atoms with Gasteiger partial charge in [-0.1, -0.05) is 6.08 Å². The van der Waals surface area contributed by atoms with E-state index in [1.807, 2.05) is 0 Å². The van der Waals surface area contributed by atoms with Crippen LogP contribution in [0.1, 0.15) is 10.4 Å². The van der Waals surface area contributed by atoms with Crippen LogP contribution in [0.3, 0.4) is 0 Å². The van der Waals surface area contributed by atoms with Crippen LogP contribution in [0, 0.1) is 11.6 Å². The molecule has 0 radical (unpaired) electrons. The number of benzene rings is 1. The Bertz CT molecular complexity index is 774. The molecule has 8 heteroatoms. The van der Waals surface area contributed by atoms with Gasteiger partial charge in [-0.15, -0.1) is 6.58 Å². The molecular formula is C15H10F2N2O3S. The number of thiocarbonyl (C=S) groups is 1. The minimum Gasteiger partial charge on any atom is -0.298 e. The summed E-state index contributed by atoms with van der Waals surface area (Å²) in [6, 6.07) is 2.37. The smallest absolute Gasteiger partial charge is 0.266 e. The molecule has 1 saturated heterocycles. The molecule has 23 heavy (non-hydrogen) atoms. The first-order valence-corrected chi connectivity index (χ1v) is 6.75. The van der Waals surface area contributed by atoms with Gasteiger partial charge in [0.1, 0.15) is 17.2 Å².